The van der Waals surface area contributed by atoms with Gasteiger partial charge in [0.15, 0.2) is 0 Å². The molecule has 0 unspecified atom stereocenters. The number of benzene rings is 1. The Morgan fingerprint density at radius 1 is 1.04 bits per heavy atom. The van der Waals surface area contributed by atoms with Gasteiger partial charge in [-0.15, -0.1) is 0 Å². The summed E-state index contributed by atoms with van der Waals surface area (Å²) >= 11 is 0. The largest absolute Gasteiger partial charge is 0.465 e. The molecule has 6 nitrogen and oxygen atoms in total. The number of hydrogen-bond donors (Lipinski definition) is 0. The molecule has 1 aliphatic rings. The predicted molar refractivity (Wildman–Crippen MR) is 95.5 cm³/mol. The second kappa shape index (κ2) is 9.20. The van der Waals surface area contributed by atoms with E-state index in [-0.39, 0.29) is 11.8 Å². The average Bonchev–Trinajstić information content (AvgIpc) is 2.90. The van der Waals surface area contributed by atoms with Crippen LogP contribution in [0.5, 0.6) is 0 Å². The van der Waals surface area contributed by atoms with E-state index in [4.69, 9.17) is 0 Å². The van der Waals surface area contributed by atoms with Gasteiger partial charge in [0.2, 0.25) is 11.8 Å². The van der Waals surface area contributed by atoms with Crippen LogP contribution in [0.4, 0.5) is 5.69 Å². The van der Waals surface area contributed by atoms with Crippen molar-refractivity contribution >= 4 is 23.5 Å². The molecule has 0 saturated carbocycles. The molecule has 0 aliphatic carbocycles. The lowest BCUT2D eigenvalue weighted by Gasteiger charge is -2.24. The number of methoxy groups -OCH3 is 1. The van der Waals surface area contributed by atoms with Crippen LogP contribution in [0.15, 0.2) is 24.3 Å². The highest BCUT2D eigenvalue weighted by Gasteiger charge is 2.19. The Labute approximate surface area is 148 Å². The van der Waals surface area contributed by atoms with E-state index in [9.17, 15) is 14.4 Å². The standard InChI is InChI=1S/C19H26N2O4/c1-15(22)21(17-9-7-16(8-10-17)19(24)25-2)14-11-18(23)20-12-5-3-4-6-13-20/h7-10H,3-6,11-14H2,1-2H3. The summed E-state index contributed by atoms with van der Waals surface area (Å²) in [6.07, 6.45) is 4.76. The Morgan fingerprint density at radius 3 is 2.16 bits per heavy atom. The van der Waals surface area contributed by atoms with Crippen LogP contribution in [0.2, 0.25) is 0 Å². The number of carbonyl (C=O) groups is 3. The highest BCUT2D eigenvalue weighted by molar-refractivity contribution is 5.94. The van der Waals surface area contributed by atoms with Gasteiger partial charge in [0.1, 0.15) is 0 Å². The molecule has 1 aliphatic heterocycles. The maximum Gasteiger partial charge on any atom is 0.337 e. The highest BCUT2D eigenvalue weighted by Crippen LogP contribution is 2.17. The fraction of sp³-hybridized carbons (Fsp3) is 0.526. The molecule has 1 saturated heterocycles. The van der Waals surface area contributed by atoms with Gasteiger partial charge in [0.05, 0.1) is 12.7 Å². The van der Waals surface area contributed by atoms with Crippen molar-refractivity contribution < 1.29 is 19.1 Å². The first-order chi connectivity index (χ1) is 12.0. The molecule has 1 aromatic carbocycles. The van der Waals surface area contributed by atoms with Gasteiger partial charge in [-0.2, -0.15) is 0 Å². The normalized spacial score (nSPS) is 14.6. The summed E-state index contributed by atoms with van der Waals surface area (Å²) in [6.45, 7) is 3.44. The first-order valence-corrected chi connectivity index (χ1v) is 8.77. The van der Waals surface area contributed by atoms with Gasteiger partial charge in [-0.25, -0.2) is 4.79 Å². The first-order valence-electron chi connectivity index (χ1n) is 8.77. The van der Waals surface area contributed by atoms with E-state index in [2.05, 4.69) is 4.74 Å². The fourth-order valence-electron chi connectivity index (χ4n) is 3.05. The van der Waals surface area contributed by atoms with Crippen LogP contribution in [-0.2, 0) is 14.3 Å². The fourth-order valence-corrected chi connectivity index (χ4v) is 3.05. The van der Waals surface area contributed by atoms with Crippen LogP contribution in [0.1, 0.15) is 49.4 Å². The van der Waals surface area contributed by atoms with E-state index < -0.39 is 5.97 Å². The number of likely N-dealkylation sites (tertiary alicyclic amines) is 1. The van der Waals surface area contributed by atoms with E-state index >= 15 is 0 Å². The lowest BCUT2D eigenvalue weighted by Crippen LogP contribution is -2.36. The van der Waals surface area contributed by atoms with Gasteiger partial charge >= 0.3 is 5.97 Å². The van der Waals surface area contributed by atoms with Crippen molar-refractivity contribution in [2.75, 3.05) is 31.6 Å². The third-order valence-corrected chi connectivity index (χ3v) is 4.49. The minimum Gasteiger partial charge on any atom is -0.465 e. The first kappa shape index (κ1) is 19.0. The molecule has 1 heterocycles. The quantitative estimate of drug-likeness (QED) is 0.769. The maximum atomic E-state index is 12.4. The highest BCUT2D eigenvalue weighted by atomic mass is 16.5. The van der Waals surface area contributed by atoms with Gasteiger partial charge < -0.3 is 14.5 Å². The zero-order chi connectivity index (χ0) is 18.2. The Kier molecular flexibility index (Phi) is 6.98. The Bertz CT molecular complexity index is 604. The minimum absolute atomic E-state index is 0.0966. The molecule has 0 N–H and O–H groups in total. The number of hydrogen-bond acceptors (Lipinski definition) is 4. The molecular formula is C19H26N2O4. The monoisotopic (exact) mass is 346 g/mol. The number of rotatable bonds is 5. The molecule has 25 heavy (non-hydrogen) atoms. The van der Waals surface area contributed by atoms with Gasteiger partial charge in [-0.3, -0.25) is 9.59 Å². The van der Waals surface area contributed by atoms with E-state index in [0.29, 0.717) is 24.2 Å². The van der Waals surface area contributed by atoms with Crippen molar-refractivity contribution in [3.05, 3.63) is 29.8 Å². The van der Waals surface area contributed by atoms with Crippen molar-refractivity contribution in [3.63, 3.8) is 0 Å². The van der Waals surface area contributed by atoms with Crippen molar-refractivity contribution in [2.24, 2.45) is 0 Å². The van der Waals surface area contributed by atoms with Crippen LogP contribution in [-0.4, -0.2) is 49.4 Å². The molecule has 2 amide bonds. The Morgan fingerprint density at radius 2 is 1.64 bits per heavy atom. The molecule has 0 spiro atoms. The summed E-state index contributed by atoms with van der Waals surface area (Å²) in [5, 5.41) is 0. The Balaban J connectivity index is 1.99. The van der Waals surface area contributed by atoms with Crippen molar-refractivity contribution in [2.45, 2.75) is 39.0 Å². The second-order valence-electron chi connectivity index (χ2n) is 6.25. The molecule has 0 aromatic heterocycles. The van der Waals surface area contributed by atoms with Gasteiger partial charge in [0.25, 0.3) is 0 Å². The zero-order valence-corrected chi connectivity index (χ0v) is 15.0. The summed E-state index contributed by atoms with van der Waals surface area (Å²) in [6, 6.07) is 6.63. The van der Waals surface area contributed by atoms with E-state index in [1.807, 2.05) is 4.90 Å². The third-order valence-electron chi connectivity index (χ3n) is 4.49. The molecule has 1 aromatic rings. The van der Waals surface area contributed by atoms with Crippen LogP contribution in [0.25, 0.3) is 0 Å². The van der Waals surface area contributed by atoms with Crippen molar-refractivity contribution in [1.29, 1.82) is 0 Å². The van der Waals surface area contributed by atoms with E-state index in [1.165, 1.54) is 26.9 Å². The summed E-state index contributed by atoms with van der Waals surface area (Å²) in [5.74, 6) is -0.453. The second-order valence-corrected chi connectivity index (χ2v) is 6.25. The number of amides is 2. The minimum atomic E-state index is -0.419. The molecule has 0 bridgehead atoms. The predicted octanol–water partition coefficient (Wildman–Crippen LogP) is 2.62. The van der Waals surface area contributed by atoms with Crippen molar-refractivity contribution in [1.82, 2.24) is 4.90 Å². The van der Waals surface area contributed by atoms with Crippen molar-refractivity contribution in [3.8, 4) is 0 Å². The molecule has 2 rings (SSSR count). The molecule has 6 heteroatoms. The number of anilines is 1. The van der Waals surface area contributed by atoms with Crippen LogP contribution in [0.3, 0.4) is 0 Å². The van der Waals surface area contributed by atoms with Gasteiger partial charge in [-0.1, -0.05) is 12.8 Å². The number of nitrogens with zero attached hydrogens (tertiary/aromatic N) is 2. The molecule has 0 radical (unpaired) electrons. The molecule has 0 atom stereocenters. The van der Waals surface area contributed by atoms with E-state index in [0.717, 1.165) is 25.9 Å². The smallest absolute Gasteiger partial charge is 0.337 e. The maximum absolute atomic E-state index is 12.4. The number of carbonyl (C=O) groups excluding carboxylic acids is 3. The van der Waals surface area contributed by atoms with Gasteiger partial charge in [0, 0.05) is 38.7 Å². The SMILES string of the molecule is COC(=O)c1ccc(N(CCC(=O)N2CCCCCC2)C(C)=O)cc1. The molecule has 136 valence electrons. The summed E-state index contributed by atoms with van der Waals surface area (Å²) in [7, 11) is 1.33. The molecule has 1 fully saturated rings. The van der Waals surface area contributed by atoms with Gasteiger partial charge in [-0.05, 0) is 37.1 Å². The number of ether oxygens (including phenoxy) is 1. The molecular weight excluding hydrogens is 320 g/mol. The topological polar surface area (TPSA) is 66.9 Å². The lowest BCUT2D eigenvalue weighted by molar-refractivity contribution is -0.131. The van der Waals surface area contributed by atoms with Crippen LogP contribution in [0, 0.1) is 0 Å². The van der Waals surface area contributed by atoms with Crippen LogP contribution >= 0.6 is 0 Å². The number of esters is 1. The summed E-state index contributed by atoms with van der Waals surface area (Å²) in [5.41, 5.74) is 1.10. The third kappa shape index (κ3) is 5.31. The Hall–Kier alpha value is -2.37. The van der Waals surface area contributed by atoms with Crippen LogP contribution < -0.4 is 4.90 Å². The summed E-state index contributed by atoms with van der Waals surface area (Å²) < 4.78 is 4.67. The van der Waals surface area contributed by atoms with E-state index in [1.54, 1.807) is 29.2 Å². The zero-order valence-electron chi connectivity index (χ0n) is 15.0. The average molecular weight is 346 g/mol. The lowest BCUT2D eigenvalue weighted by atomic mass is 10.2. The summed E-state index contributed by atoms with van der Waals surface area (Å²) in [4.78, 5) is 39.4.